The van der Waals surface area contributed by atoms with Crippen molar-refractivity contribution < 1.29 is 18.0 Å². The number of pyridine rings is 1. The van der Waals surface area contributed by atoms with E-state index in [9.17, 15) is 18.0 Å². The molecular weight excluding hydrogens is 319 g/mol. The summed E-state index contributed by atoms with van der Waals surface area (Å²) in [6.07, 6.45) is -2.86. The van der Waals surface area contributed by atoms with E-state index in [1.165, 1.54) is 18.3 Å². The molecule has 0 bridgehead atoms. The number of nitrogens with one attached hydrogen (secondary N) is 2. The van der Waals surface area contributed by atoms with Crippen molar-refractivity contribution in [1.82, 2.24) is 4.98 Å². The largest absolute Gasteiger partial charge is 0.416 e. The van der Waals surface area contributed by atoms with Crippen molar-refractivity contribution in [2.24, 2.45) is 5.41 Å². The molecule has 0 aliphatic rings. The third-order valence-electron chi connectivity index (χ3n) is 3.19. The minimum atomic E-state index is -4.35. The predicted molar refractivity (Wildman–Crippen MR) is 87.0 cm³/mol. The van der Waals surface area contributed by atoms with Gasteiger partial charge in [0.15, 0.2) is 0 Å². The standard InChI is InChI=1S/C17H18F3N3O/c1-16(2,3)15(24)23-14-9-8-13(10-21-14)22-12-6-4-11(5-7-12)17(18,19)20/h4-10,22H,1-3H3,(H,21,23,24). The van der Waals surface area contributed by atoms with E-state index in [0.717, 1.165) is 12.1 Å². The number of hydrogen-bond acceptors (Lipinski definition) is 3. The topological polar surface area (TPSA) is 54.0 Å². The minimum Gasteiger partial charge on any atom is -0.354 e. The van der Waals surface area contributed by atoms with Crippen LogP contribution >= 0.6 is 0 Å². The minimum absolute atomic E-state index is 0.154. The van der Waals surface area contributed by atoms with Gasteiger partial charge < -0.3 is 10.6 Å². The maximum Gasteiger partial charge on any atom is 0.416 e. The van der Waals surface area contributed by atoms with Gasteiger partial charge in [-0.15, -0.1) is 0 Å². The summed E-state index contributed by atoms with van der Waals surface area (Å²) < 4.78 is 37.5. The third-order valence-corrected chi connectivity index (χ3v) is 3.19. The summed E-state index contributed by atoms with van der Waals surface area (Å²) in [4.78, 5) is 16.0. The molecule has 1 heterocycles. The molecule has 0 aliphatic heterocycles. The Morgan fingerprint density at radius 1 is 0.958 bits per heavy atom. The summed E-state index contributed by atoms with van der Waals surface area (Å²) >= 11 is 0. The van der Waals surface area contributed by atoms with E-state index >= 15 is 0 Å². The molecule has 7 heteroatoms. The van der Waals surface area contributed by atoms with Crippen molar-refractivity contribution >= 4 is 23.1 Å². The second kappa shape index (κ2) is 6.51. The number of aromatic nitrogens is 1. The lowest BCUT2D eigenvalue weighted by atomic mass is 9.96. The van der Waals surface area contributed by atoms with Crippen LogP contribution in [0.1, 0.15) is 26.3 Å². The van der Waals surface area contributed by atoms with Crippen molar-refractivity contribution in [1.29, 1.82) is 0 Å². The van der Waals surface area contributed by atoms with Gasteiger partial charge >= 0.3 is 6.18 Å². The van der Waals surface area contributed by atoms with E-state index in [0.29, 0.717) is 17.2 Å². The summed E-state index contributed by atoms with van der Waals surface area (Å²) in [5, 5.41) is 5.64. The zero-order valence-corrected chi connectivity index (χ0v) is 13.5. The van der Waals surface area contributed by atoms with Gasteiger partial charge in [0.2, 0.25) is 5.91 Å². The lowest BCUT2D eigenvalue weighted by Crippen LogP contribution is -2.27. The van der Waals surface area contributed by atoms with Gasteiger partial charge in [0, 0.05) is 11.1 Å². The molecule has 128 valence electrons. The van der Waals surface area contributed by atoms with Crippen LogP contribution in [0, 0.1) is 5.41 Å². The first-order chi connectivity index (χ1) is 11.1. The summed E-state index contributed by atoms with van der Waals surface area (Å²) in [6, 6.07) is 8.01. The molecule has 1 aromatic carbocycles. The third kappa shape index (κ3) is 4.71. The molecule has 0 spiro atoms. The van der Waals surface area contributed by atoms with E-state index < -0.39 is 17.2 Å². The molecule has 0 radical (unpaired) electrons. The van der Waals surface area contributed by atoms with Crippen molar-refractivity contribution in [3.63, 3.8) is 0 Å². The van der Waals surface area contributed by atoms with E-state index in [1.807, 2.05) is 0 Å². The van der Waals surface area contributed by atoms with E-state index in [4.69, 9.17) is 0 Å². The van der Waals surface area contributed by atoms with Gasteiger partial charge in [-0.3, -0.25) is 4.79 Å². The summed E-state index contributed by atoms with van der Waals surface area (Å²) in [6.45, 7) is 5.38. The normalized spacial score (nSPS) is 11.9. The lowest BCUT2D eigenvalue weighted by molar-refractivity contribution is -0.137. The monoisotopic (exact) mass is 337 g/mol. The molecule has 0 saturated carbocycles. The average molecular weight is 337 g/mol. The molecule has 2 N–H and O–H groups in total. The number of rotatable bonds is 3. The number of carbonyl (C=O) groups is 1. The van der Waals surface area contributed by atoms with Gasteiger partial charge in [-0.05, 0) is 36.4 Å². The molecular formula is C17H18F3N3O. The van der Waals surface area contributed by atoms with Crippen LogP contribution in [-0.4, -0.2) is 10.9 Å². The zero-order valence-electron chi connectivity index (χ0n) is 13.5. The molecule has 24 heavy (non-hydrogen) atoms. The molecule has 2 aromatic rings. The zero-order chi connectivity index (χ0) is 18.0. The van der Waals surface area contributed by atoms with Crippen LogP contribution in [0.2, 0.25) is 0 Å². The van der Waals surface area contributed by atoms with Crippen LogP contribution in [0.5, 0.6) is 0 Å². The Bertz CT molecular complexity index is 702. The van der Waals surface area contributed by atoms with E-state index in [1.54, 1.807) is 32.9 Å². The highest BCUT2D eigenvalue weighted by Crippen LogP contribution is 2.30. The molecule has 2 rings (SSSR count). The van der Waals surface area contributed by atoms with Gasteiger partial charge in [-0.25, -0.2) is 4.98 Å². The fraction of sp³-hybridized carbons (Fsp3) is 0.294. The van der Waals surface area contributed by atoms with E-state index in [-0.39, 0.29) is 5.91 Å². The van der Waals surface area contributed by atoms with Crippen molar-refractivity contribution in [3.8, 4) is 0 Å². The maximum atomic E-state index is 12.5. The first-order valence-corrected chi connectivity index (χ1v) is 7.27. The number of carbonyl (C=O) groups excluding carboxylic acids is 1. The summed E-state index contributed by atoms with van der Waals surface area (Å²) in [7, 11) is 0. The lowest BCUT2D eigenvalue weighted by Gasteiger charge is -2.17. The second-order valence-corrected chi connectivity index (χ2v) is 6.34. The summed E-state index contributed by atoms with van der Waals surface area (Å²) in [5.41, 5.74) is -0.120. The molecule has 1 aromatic heterocycles. The SMILES string of the molecule is CC(C)(C)C(=O)Nc1ccc(Nc2ccc(C(F)(F)F)cc2)cn1. The van der Waals surface area contributed by atoms with Crippen LogP contribution in [-0.2, 0) is 11.0 Å². The molecule has 1 amide bonds. The number of halogens is 3. The maximum absolute atomic E-state index is 12.5. The molecule has 4 nitrogen and oxygen atoms in total. The van der Waals surface area contributed by atoms with Gasteiger partial charge in [-0.1, -0.05) is 20.8 Å². The Morgan fingerprint density at radius 3 is 2.00 bits per heavy atom. The number of hydrogen-bond donors (Lipinski definition) is 2. The predicted octanol–water partition coefficient (Wildman–Crippen LogP) is 4.83. The van der Waals surface area contributed by atoms with Crippen LogP contribution in [0.25, 0.3) is 0 Å². The Balaban J connectivity index is 2.03. The summed E-state index contributed by atoms with van der Waals surface area (Å²) in [5.74, 6) is 0.256. The van der Waals surface area contributed by atoms with Crippen LogP contribution in [0.4, 0.5) is 30.4 Å². The number of benzene rings is 1. The van der Waals surface area contributed by atoms with Crippen LogP contribution in [0.3, 0.4) is 0 Å². The number of anilines is 3. The number of alkyl halides is 3. The average Bonchev–Trinajstić information content (AvgIpc) is 2.48. The first-order valence-electron chi connectivity index (χ1n) is 7.27. The molecule has 0 aliphatic carbocycles. The number of nitrogens with zero attached hydrogens (tertiary/aromatic N) is 1. The Labute approximate surface area is 138 Å². The highest BCUT2D eigenvalue weighted by molar-refractivity contribution is 5.93. The van der Waals surface area contributed by atoms with Gasteiger partial charge in [-0.2, -0.15) is 13.2 Å². The van der Waals surface area contributed by atoms with Crippen molar-refractivity contribution in [2.45, 2.75) is 26.9 Å². The van der Waals surface area contributed by atoms with Crippen molar-refractivity contribution in [3.05, 3.63) is 48.2 Å². The van der Waals surface area contributed by atoms with Crippen LogP contribution in [0.15, 0.2) is 42.6 Å². The smallest absolute Gasteiger partial charge is 0.354 e. The van der Waals surface area contributed by atoms with Crippen molar-refractivity contribution in [2.75, 3.05) is 10.6 Å². The number of amides is 1. The molecule has 0 atom stereocenters. The first kappa shape index (κ1) is 17.8. The van der Waals surface area contributed by atoms with Gasteiger partial charge in [0.05, 0.1) is 17.4 Å². The Hall–Kier alpha value is -2.57. The molecule has 0 unspecified atom stereocenters. The molecule has 0 fully saturated rings. The fourth-order valence-electron chi connectivity index (χ4n) is 1.75. The Morgan fingerprint density at radius 2 is 1.54 bits per heavy atom. The van der Waals surface area contributed by atoms with Gasteiger partial charge in [0.1, 0.15) is 5.82 Å². The molecule has 0 saturated heterocycles. The van der Waals surface area contributed by atoms with Gasteiger partial charge in [0.25, 0.3) is 0 Å². The quantitative estimate of drug-likeness (QED) is 0.843. The van der Waals surface area contributed by atoms with E-state index in [2.05, 4.69) is 15.6 Å². The highest BCUT2D eigenvalue weighted by atomic mass is 19.4. The van der Waals surface area contributed by atoms with Crippen LogP contribution < -0.4 is 10.6 Å². The second-order valence-electron chi connectivity index (χ2n) is 6.34. The fourth-order valence-corrected chi connectivity index (χ4v) is 1.75. The Kier molecular flexibility index (Phi) is 4.82. The highest BCUT2D eigenvalue weighted by Gasteiger charge is 2.29.